The summed E-state index contributed by atoms with van der Waals surface area (Å²) in [5.41, 5.74) is 8.65. The van der Waals surface area contributed by atoms with Crippen LogP contribution in [-0.4, -0.2) is 54.9 Å². The van der Waals surface area contributed by atoms with E-state index in [0.717, 1.165) is 48.9 Å². The molecule has 1 aromatic carbocycles. The predicted molar refractivity (Wildman–Crippen MR) is 118 cm³/mol. The molecule has 1 aliphatic heterocycles. The molecule has 0 saturated carbocycles. The minimum absolute atomic E-state index is 0.484. The minimum Gasteiger partial charge on any atom is -0.497 e. The summed E-state index contributed by atoms with van der Waals surface area (Å²) in [6, 6.07) is 13.7. The van der Waals surface area contributed by atoms with Gasteiger partial charge in [-0.15, -0.1) is 0 Å². The van der Waals surface area contributed by atoms with Gasteiger partial charge in [0.15, 0.2) is 0 Å². The van der Waals surface area contributed by atoms with Crippen LogP contribution in [0.3, 0.4) is 0 Å². The molecule has 1 saturated heterocycles. The summed E-state index contributed by atoms with van der Waals surface area (Å²) in [4.78, 5) is 15.9. The van der Waals surface area contributed by atoms with Crippen LogP contribution in [0.1, 0.15) is 5.56 Å². The molecule has 0 amide bonds. The number of ether oxygens (including phenoxy) is 2. The molecule has 3 aromatic rings. The molecule has 0 atom stereocenters. The predicted octanol–water partition coefficient (Wildman–Crippen LogP) is 2.62. The molecule has 0 bridgehead atoms. The maximum Gasteiger partial charge on any atom is 0.228 e. The molecule has 0 unspecified atom stereocenters. The summed E-state index contributed by atoms with van der Waals surface area (Å²) in [6.07, 6.45) is 2.59. The van der Waals surface area contributed by atoms with Gasteiger partial charge in [-0.05, 0) is 36.2 Å². The number of nitrogens with zero attached hydrogens (tertiary/aromatic N) is 4. The van der Waals surface area contributed by atoms with Gasteiger partial charge in [-0.25, -0.2) is 9.97 Å². The van der Waals surface area contributed by atoms with Crippen molar-refractivity contribution in [1.82, 2.24) is 15.0 Å². The Morgan fingerprint density at radius 3 is 2.77 bits per heavy atom. The third kappa shape index (κ3) is 4.96. The number of rotatable bonds is 7. The van der Waals surface area contributed by atoms with Crippen LogP contribution >= 0.6 is 0 Å². The minimum atomic E-state index is 0.484. The van der Waals surface area contributed by atoms with Crippen LogP contribution in [0.4, 0.5) is 17.6 Å². The molecule has 2 aromatic heterocycles. The Kier molecular flexibility index (Phi) is 6.24. The fraction of sp³-hybridized carbons (Fsp3) is 0.318. The summed E-state index contributed by atoms with van der Waals surface area (Å²) in [5.74, 6) is 2.82. The third-order valence-corrected chi connectivity index (χ3v) is 4.94. The number of methoxy groups -OCH3 is 1. The molecule has 1 fully saturated rings. The Morgan fingerprint density at radius 1 is 1.13 bits per heavy atom. The Morgan fingerprint density at radius 2 is 2.00 bits per heavy atom. The van der Waals surface area contributed by atoms with E-state index in [9.17, 15) is 0 Å². The monoisotopic (exact) mass is 406 g/mol. The molecule has 1 aliphatic rings. The quantitative estimate of drug-likeness (QED) is 0.618. The number of nitrogen functional groups attached to an aromatic ring is 1. The van der Waals surface area contributed by atoms with E-state index in [4.69, 9.17) is 25.2 Å². The second-order valence-corrected chi connectivity index (χ2v) is 7.04. The lowest BCUT2D eigenvalue weighted by Gasteiger charge is -2.27. The molecule has 30 heavy (non-hydrogen) atoms. The van der Waals surface area contributed by atoms with Crippen LogP contribution < -0.4 is 20.7 Å². The van der Waals surface area contributed by atoms with E-state index in [0.29, 0.717) is 25.0 Å². The second kappa shape index (κ2) is 9.41. The molecular formula is C22H26N6O2. The highest BCUT2D eigenvalue weighted by molar-refractivity contribution is 5.64. The Bertz CT molecular complexity index is 974. The van der Waals surface area contributed by atoms with Crippen LogP contribution in [0, 0.1) is 0 Å². The molecule has 8 heteroatoms. The Balaban J connectivity index is 1.54. The van der Waals surface area contributed by atoms with Crippen LogP contribution in [0.2, 0.25) is 0 Å². The fourth-order valence-electron chi connectivity index (χ4n) is 3.30. The first-order valence-corrected chi connectivity index (χ1v) is 10.0. The number of nitrogens with one attached hydrogen (secondary N) is 1. The van der Waals surface area contributed by atoms with Crippen molar-refractivity contribution in [1.29, 1.82) is 0 Å². The molecule has 156 valence electrons. The number of nitrogens with two attached hydrogens (primary N) is 1. The molecule has 8 nitrogen and oxygen atoms in total. The summed E-state index contributed by atoms with van der Waals surface area (Å²) < 4.78 is 10.8. The van der Waals surface area contributed by atoms with Crippen molar-refractivity contribution >= 4 is 17.6 Å². The maximum atomic E-state index is 5.74. The van der Waals surface area contributed by atoms with Gasteiger partial charge in [0.25, 0.3) is 0 Å². The Hall–Kier alpha value is -3.39. The SMILES string of the molecule is COc1cccc(CCNc2cc(-c3ccc(N)nc3)nc(N3CCOCC3)n2)c1. The molecule has 0 aliphatic carbocycles. The number of benzene rings is 1. The molecule has 3 heterocycles. The van der Waals surface area contributed by atoms with Crippen LogP contribution in [0.5, 0.6) is 5.75 Å². The van der Waals surface area contributed by atoms with E-state index in [1.165, 1.54) is 5.56 Å². The number of aromatic nitrogens is 3. The van der Waals surface area contributed by atoms with Gasteiger partial charge < -0.3 is 25.4 Å². The lowest BCUT2D eigenvalue weighted by atomic mass is 10.1. The van der Waals surface area contributed by atoms with Crippen molar-refractivity contribution < 1.29 is 9.47 Å². The first-order chi connectivity index (χ1) is 14.7. The van der Waals surface area contributed by atoms with E-state index in [2.05, 4.69) is 21.3 Å². The molecule has 0 radical (unpaired) electrons. The second-order valence-electron chi connectivity index (χ2n) is 7.04. The van der Waals surface area contributed by atoms with Crippen LogP contribution in [0.15, 0.2) is 48.7 Å². The highest BCUT2D eigenvalue weighted by atomic mass is 16.5. The van der Waals surface area contributed by atoms with Gasteiger partial charge in [0.2, 0.25) is 5.95 Å². The lowest BCUT2D eigenvalue weighted by molar-refractivity contribution is 0.122. The molecular weight excluding hydrogens is 380 g/mol. The summed E-state index contributed by atoms with van der Waals surface area (Å²) in [5, 5.41) is 3.44. The molecule has 3 N–H and O–H groups in total. The zero-order valence-electron chi connectivity index (χ0n) is 17.0. The summed E-state index contributed by atoms with van der Waals surface area (Å²) in [7, 11) is 1.68. The zero-order chi connectivity index (χ0) is 20.8. The standard InChI is InChI=1S/C22H26N6O2/c1-29-18-4-2-3-16(13-18)7-8-24-21-14-19(17-5-6-20(23)25-15-17)26-22(27-21)28-9-11-30-12-10-28/h2-6,13-15H,7-12H2,1H3,(H2,23,25)(H,24,26,27). The van der Waals surface area contributed by atoms with Gasteiger partial charge >= 0.3 is 0 Å². The number of morpholine rings is 1. The van der Waals surface area contributed by atoms with E-state index in [1.807, 2.05) is 30.3 Å². The van der Waals surface area contributed by atoms with Crippen molar-refractivity contribution in [2.24, 2.45) is 0 Å². The number of hydrogen-bond acceptors (Lipinski definition) is 8. The largest absolute Gasteiger partial charge is 0.497 e. The molecule has 0 spiro atoms. The van der Waals surface area contributed by atoms with Gasteiger partial charge in [0.1, 0.15) is 17.4 Å². The highest BCUT2D eigenvalue weighted by Gasteiger charge is 2.16. The normalized spacial score (nSPS) is 13.8. The summed E-state index contributed by atoms with van der Waals surface area (Å²) in [6.45, 7) is 3.64. The van der Waals surface area contributed by atoms with E-state index >= 15 is 0 Å². The lowest BCUT2D eigenvalue weighted by Crippen LogP contribution is -2.37. The molecule has 4 rings (SSSR count). The average molecular weight is 406 g/mol. The average Bonchev–Trinajstić information content (AvgIpc) is 2.80. The third-order valence-electron chi connectivity index (χ3n) is 4.94. The van der Waals surface area contributed by atoms with Crippen molar-refractivity contribution in [3.8, 4) is 17.0 Å². The van der Waals surface area contributed by atoms with E-state index in [1.54, 1.807) is 19.4 Å². The van der Waals surface area contributed by atoms with Crippen molar-refractivity contribution in [2.75, 3.05) is 55.9 Å². The van der Waals surface area contributed by atoms with E-state index < -0.39 is 0 Å². The van der Waals surface area contributed by atoms with Gasteiger partial charge in [-0.3, -0.25) is 0 Å². The highest BCUT2D eigenvalue weighted by Crippen LogP contribution is 2.24. The number of hydrogen-bond donors (Lipinski definition) is 2. The van der Waals surface area contributed by atoms with Crippen molar-refractivity contribution in [3.05, 3.63) is 54.2 Å². The first kappa shape index (κ1) is 19.9. The van der Waals surface area contributed by atoms with Gasteiger partial charge in [-0.2, -0.15) is 4.98 Å². The van der Waals surface area contributed by atoms with Gasteiger partial charge in [0, 0.05) is 37.5 Å². The van der Waals surface area contributed by atoms with E-state index in [-0.39, 0.29) is 0 Å². The Labute approximate surface area is 176 Å². The summed E-state index contributed by atoms with van der Waals surface area (Å²) >= 11 is 0. The van der Waals surface area contributed by atoms with Gasteiger partial charge in [0.05, 0.1) is 26.0 Å². The van der Waals surface area contributed by atoms with Gasteiger partial charge in [-0.1, -0.05) is 12.1 Å². The smallest absolute Gasteiger partial charge is 0.228 e. The van der Waals surface area contributed by atoms with Crippen molar-refractivity contribution in [2.45, 2.75) is 6.42 Å². The van der Waals surface area contributed by atoms with Crippen molar-refractivity contribution in [3.63, 3.8) is 0 Å². The first-order valence-electron chi connectivity index (χ1n) is 10.0. The van der Waals surface area contributed by atoms with Crippen LogP contribution in [-0.2, 0) is 11.2 Å². The number of pyridine rings is 1. The zero-order valence-corrected chi connectivity index (χ0v) is 17.0. The van der Waals surface area contributed by atoms with Crippen LogP contribution in [0.25, 0.3) is 11.3 Å². The maximum absolute atomic E-state index is 5.74. The number of anilines is 3. The topological polar surface area (TPSA) is 98.4 Å². The fourth-order valence-corrected chi connectivity index (χ4v) is 3.30.